The van der Waals surface area contributed by atoms with E-state index in [0.29, 0.717) is 59.3 Å². The van der Waals surface area contributed by atoms with Gasteiger partial charge in [0.2, 0.25) is 0 Å². The molecule has 2 aromatic carbocycles. The fraction of sp³-hybridized carbons (Fsp3) is 0.548. The van der Waals surface area contributed by atoms with Gasteiger partial charge in [-0.25, -0.2) is 0 Å². The SMILES string of the molecule is CC.CO.NCCOCCOCCN=C/C=N\N.OCC1OCCC(OCc2ccccc2)C1OCc1ccccc1. The van der Waals surface area contributed by atoms with Gasteiger partial charge < -0.3 is 45.5 Å². The van der Waals surface area contributed by atoms with Crippen LogP contribution in [-0.2, 0) is 36.9 Å². The Kier molecular flexibility index (Phi) is 27.8. The van der Waals surface area contributed by atoms with Crippen molar-refractivity contribution in [2.45, 2.75) is 51.8 Å². The molecule has 3 rings (SSSR count). The van der Waals surface area contributed by atoms with Gasteiger partial charge in [0.05, 0.1) is 65.1 Å². The average molecular weight is 593 g/mol. The predicted molar refractivity (Wildman–Crippen MR) is 168 cm³/mol. The molecule has 2 aromatic rings. The summed E-state index contributed by atoms with van der Waals surface area (Å²) in [6, 6.07) is 20.1. The summed E-state index contributed by atoms with van der Waals surface area (Å²) in [5.74, 6) is 4.86. The Bertz CT molecular complexity index is 876. The molecule has 3 atom stereocenters. The number of hydrazone groups is 1. The normalized spacial score (nSPS) is 17.9. The number of nitrogens with two attached hydrogens (primary N) is 2. The molecule has 42 heavy (non-hydrogen) atoms. The molecule has 0 amide bonds. The second-order valence-corrected chi connectivity index (χ2v) is 8.34. The molecule has 0 aliphatic carbocycles. The van der Waals surface area contributed by atoms with Crippen molar-refractivity contribution in [2.75, 3.05) is 59.8 Å². The lowest BCUT2D eigenvalue weighted by atomic mass is 10.0. The highest BCUT2D eigenvalue weighted by Crippen LogP contribution is 2.23. The number of hydrogen-bond acceptors (Lipinski definition) is 11. The predicted octanol–water partition coefficient (Wildman–Crippen LogP) is 2.57. The van der Waals surface area contributed by atoms with E-state index < -0.39 is 0 Å². The van der Waals surface area contributed by atoms with Crippen molar-refractivity contribution in [3.63, 3.8) is 0 Å². The third-order valence-corrected chi connectivity index (χ3v) is 5.50. The molecule has 1 aliphatic heterocycles. The Labute approximate surface area is 251 Å². The Morgan fingerprint density at radius 3 is 1.98 bits per heavy atom. The summed E-state index contributed by atoms with van der Waals surface area (Å²) in [5, 5.41) is 19.9. The minimum atomic E-state index is -0.344. The molecule has 1 fully saturated rings. The van der Waals surface area contributed by atoms with E-state index >= 15 is 0 Å². The van der Waals surface area contributed by atoms with Crippen LogP contribution in [0.1, 0.15) is 31.4 Å². The molecule has 0 bridgehead atoms. The summed E-state index contributed by atoms with van der Waals surface area (Å²) < 4.78 is 28.1. The summed E-state index contributed by atoms with van der Waals surface area (Å²) in [6.45, 7) is 8.97. The van der Waals surface area contributed by atoms with Gasteiger partial charge in [-0.1, -0.05) is 74.5 Å². The van der Waals surface area contributed by atoms with Gasteiger partial charge in [-0.15, -0.1) is 0 Å². The van der Waals surface area contributed by atoms with Gasteiger partial charge in [-0.3, -0.25) is 4.99 Å². The molecule has 0 spiro atoms. The number of rotatable bonds is 16. The zero-order chi connectivity index (χ0) is 31.1. The molecule has 6 N–H and O–H groups in total. The molecule has 1 heterocycles. The fourth-order valence-corrected chi connectivity index (χ4v) is 3.61. The van der Waals surface area contributed by atoms with Crippen molar-refractivity contribution in [3.8, 4) is 0 Å². The number of aliphatic hydroxyl groups excluding tert-OH is 2. The number of ether oxygens (including phenoxy) is 5. The summed E-state index contributed by atoms with van der Waals surface area (Å²) in [7, 11) is 1.00. The highest BCUT2D eigenvalue weighted by molar-refractivity contribution is 6.15. The Morgan fingerprint density at radius 1 is 0.857 bits per heavy atom. The van der Waals surface area contributed by atoms with Crippen LogP contribution in [-0.4, -0.2) is 101 Å². The second kappa shape index (κ2) is 29.7. The number of hydrogen-bond donors (Lipinski definition) is 4. The topological polar surface area (TPSA) is 163 Å². The first-order valence-corrected chi connectivity index (χ1v) is 14.3. The lowest BCUT2D eigenvalue weighted by molar-refractivity contribution is -0.192. The molecule has 0 saturated carbocycles. The Morgan fingerprint density at radius 2 is 1.43 bits per heavy atom. The molecule has 1 aliphatic rings. The smallest absolute Gasteiger partial charge is 0.113 e. The molecule has 11 heteroatoms. The first-order chi connectivity index (χ1) is 20.8. The van der Waals surface area contributed by atoms with E-state index in [1.165, 1.54) is 12.4 Å². The molecule has 0 aromatic heterocycles. The van der Waals surface area contributed by atoms with E-state index in [1.807, 2.05) is 74.5 Å². The van der Waals surface area contributed by atoms with Gasteiger partial charge in [0.15, 0.2) is 0 Å². The van der Waals surface area contributed by atoms with Crippen LogP contribution in [0.3, 0.4) is 0 Å². The number of aliphatic hydroxyl groups is 2. The minimum absolute atomic E-state index is 0.0648. The van der Waals surface area contributed by atoms with Crippen LogP contribution in [0.15, 0.2) is 70.8 Å². The van der Waals surface area contributed by atoms with E-state index in [2.05, 4.69) is 10.1 Å². The van der Waals surface area contributed by atoms with Crippen molar-refractivity contribution in [1.29, 1.82) is 0 Å². The average Bonchev–Trinajstić information content (AvgIpc) is 3.07. The van der Waals surface area contributed by atoms with E-state index in [0.717, 1.165) is 24.7 Å². The van der Waals surface area contributed by atoms with Crippen molar-refractivity contribution in [2.24, 2.45) is 21.7 Å². The van der Waals surface area contributed by atoms with Gasteiger partial charge in [-0.05, 0) is 17.5 Å². The maximum Gasteiger partial charge on any atom is 0.113 e. The van der Waals surface area contributed by atoms with Crippen LogP contribution >= 0.6 is 0 Å². The summed E-state index contributed by atoms with van der Waals surface area (Å²) in [6.07, 6.45) is 3.03. The maximum absolute atomic E-state index is 9.60. The summed E-state index contributed by atoms with van der Waals surface area (Å²) >= 11 is 0. The fourth-order valence-electron chi connectivity index (χ4n) is 3.61. The summed E-state index contributed by atoms with van der Waals surface area (Å²) in [4.78, 5) is 3.95. The number of benzene rings is 2. The molecule has 0 radical (unpaired) electrons. The van der Waals surface area contributed by atoms with Crippen LogP contribution in [0.2, 0.25) is 0 Å². The van der Waals surface area contributed by atoms with Crippen molar-refractivity contribution >= 4 is 12.4 Å². The van der Waals surface area contributed by atoms with Crippen molar-refractivity contribution in [1.82, 2.24) is 0 Å². The first kappa shape index (κ1) is 39.3. The summed E-state index contributed by atoms with van der Waals surface area (Å²) in [5.41, 5.74) is 7.46. The first-order valence-electron chi connectivity index (χ1n) is 14.3. The highest BCUT2D eigenvalue weighted by Gasteiger charge is 2.35. The van der Waals surface area contributed by atoms with Gasteiger partial charge in [0.1, 0.15) is 12.2 Å². The Hall–Kier alpha value is -2.74. The zero-order valence-electron chi connectivity index (χ0n) is 25.4. The Balaban J connectivity index is 0.000000803. The monoisotopic (exact) mass is 592 g/mol. The highest BCUT2D eigenvalue weighted by atomic mass is 16.6. The van der Waals surface area contributed by atoms with Crippen LogP contribution in [0, 0.1) is 0 Å². The lowest BCUT2D eigenvalue weighted by Gasteiger charge is -2.37. The quantitative estimate of drug-likeness (QED) is 0.0993. The number of aliphatic imine (C=N–C) groups is 1. The largest absolute Gasteiger partial charge is 0.400 e. The van der Waals surface area contributed by atoms with Crippen LogP contribution in [0.4, 0.5) is 0 Å². The standard InChI is InChI=1S/C20H24O4.C8H18N4O2.C2H6.CH4O/c21-13-19-20(24-15-17-9-5-2-6-10-17)18(11-12-22-19)23-14-16-7-3-1-4-8-16;9-1-5-13-7-8-14-6-4-11-2-3-12-10;2*1-2/h1-10,18-21H,11-15H2;2-3H,1,4-10H2;1-2H3;2H,1H3/b;11-2?,12-3-;;. The van der Waals surface area contributed by atoms with E-state index in [1.54, 1.807) is 0 Å². The van der Waals surface area contributed by atoms with Gasteiger partial charge in [0, 0.05) is 26.5 Å². The van der Waals surface area contributed by atoms with Crippen molar-refractivity contribution in [3.05, 3.63) is 71.8 Å². The molecular weight excluding hydrogens is 540 g/mol. The van der Waals surface area contributed by atoms with E-state index in [-0.39, 0.29) is 24.9 Å². The zero-order valence-corrected chi connectivity index (χ0v) is 25.4. The molecule has 238 valence electrons. The molecule has 3 unspecified atom stereocenters. The van der Waals surface area contributed by atoms with Crippen LogP contribution in [0.5, 0.6) is 0 Å². The minimum Gasteiger partial charge on any atom is -0.400 e. The third-order valence-electron chi connectivity index (χ3n) is 5.50. The lowest BCUT2D eigenvalue weighted by Crippen LogP contribution is -2.49. The van der Waals surface area contributed by atoms with Gasteiger partial charge in [-0.2, -0.15) is 5.10 Å². The van der Waals surface area contributed by atoms with Gasteiger partial charge in [0.25, 0.3) is 0 Å². The molecule has 1 saturated heterocycles. The van der Waals surface area contributed by atoms with Crippen molar-refractivity contribution < 1.29 is 33.9 Å². The van der Waals surface area contributed by atoms with Gasteiger partial charge >= 0.3 is 0 Å². The molecule has 11 nitrogen and oxygen atoms in total. The maximum atomic E-state index is 9.60. The second-order valence-electron chi connectivity index (χ2n) is 8.34. The van der Waals surface area contributed by atoms with E-state index in [4.69, 9.17) is 40.4 Å². The third kappa shape index (κ3) is 19.4. The van der Waals surface area contributed by atoms with E-state index in [9.17, 15) is 5.11 Å². The van der Waals surface area contributed by atoms with Crippen LogP contribution < -0.4 is 11.6 Å². The number of nitrogens with zero attached hydrogens (tertiary/aromatic N) is 2. The van der Waals surface area contributed by atoms with Crippen LogP contribution in [0.25, 0.3) is 0 Å². The molecular formula is C31H52N4O7.